The van der Waals surface area contributed by atoms with Gasteiger partial charge < -0.3 is 10.2 Å². The molecule has 1 saturated heterocycles. The molecule has 1 aromatic carbocycles. The Balaban J connectivity index is 1.52. The monoisotopic (exact) mass is 389 g/mol. The summed E-state index contributed by atoms with van der Waals surface area (Å²) in [5.41, 5.74) is 2.13. The molecule has 4 rings (SSSR count). The smallest absolute Gasteiger partial charge is 0.274 e. The van der Waals surface area contributed by atoms with Gasteiger partial charge in [0.25, 0.3) is 5.91 Å². The molecule has 27 heavy (non-hydrogen) atoms. The first-order valence-corrected chi connectivity index (χ1v) is 10.6. The van der Waals surface area contributed by atoms with E-state index in [0.29, 0.717) is 37.3 Å². The maximum atomic E-state index is 12.8. The molecule has 1 spiro atoms. The number of likely N-dealkylation sites (tertiary alicyclic amines) is 1. The topological polar surface area (TPSA) is 107 Å². The second kappa shape index (κ2) is 6.35. The number of carbonyl (C=O) groups excluding carboxylic acids is 1. The number of aryl methyl sites for hydroxylation is 1. The van der Waals surface area contributed by atoms with Gasteiger partial charge in [-0.3, -0.25) is 9.89 Å². The van der Waals surface area contributed by atoms with Crippen molar-refractivity contribution in [2.75, 3.05) is 18.4 Å². The fourth-order valence-corrected chi connectivity index (χ4v) is 5.40. The molecule has 1 aromatic heterocycles. The van der Waals surface area contributed by atoms with Gasteiger partial charge in [-0.25, -0.2) is 8.42 Å². The Morgan fingerprint density at radius 2 is 1.96 bits per heavy atom. The van der Waals surface area contributed by atoms with Crippen LogP contribution in [0.5, 0.6) is 0 Å². The summed E-state index contributed by atoms with van der Waals surface area (Å²) in [4.78, 5) is 14.8. The third-order valence-electron chi connectivity index (χ3n) is 5.45. The van der Waals surface area contributed by atoms with Crippen LogP contribution >= 0.6 is 0 Å². The van der Waals surface area contributed by atoms with Crippen LogP contribution in [0.4, 0.5) is 5.69 Å². The normalized spacial score (nSPS) is 20.1. The summed E-state index contributed by atoms with van der Waals surface area (Å²) < 4.78 is 28.0. The fourth-order valence-electron chi connectivity index (χ4n) is 3.85. The minimum Gasteiger partial charge on any atom is -0.365 e. The molecule has 0 unspecified atom stereocenters. The van der Waals surface area contributed by atoms with Crippen molar-refractivity contribution in [3.63, 3.8) is 0 Å². The lowest BCUT2D eigenvalue weighted by atomic mass is 9.96. The quantitative estimate of drug-likeness (QED) is 0.723. The molecular formula is C18H23N5O3S. The van der Waals surface area contributed by atoms with Gasteiger partial charge in [0.15, 0.2) is 5.69 Å². The van der Waals surface area contributed by atoms with Crippen LogP contribution < -0.4 is 10.0 Å². The second-order valence-corrected chi connectivity index (χ2v) is 8.78. The molecule has 3 heterocycles. The molecular weight excluding hydrogens is 366 g/mol. The summed E-state index contributed by atoms with van der Waals surface area (Å²) in [7, 11) is -3.58. The van der Waals surface area contributed by atoms with Gasteiger partial charge in [-0.05, 0) is 25.5 Å². The Kier molecular flexibility index (Phi) is 4.23. The van der Waals surface area contributed by atoms with Crippen molar-refractivity contribution in [3.8, 4) is 0 Å². The van der Waals surface area contributed by atoms with Gasteiger partial charge in [-0.1, -0.05) is 19.1 Å². The minimum absolute atomic E-state index is 0.114. The van der Waals surface area contributed by atoms with E-state index in [9.17, 15) is 13.2 Å². The first-order valence-electron chi connectivity index (χ1n) is 9.09. The zero-order valence-electron chi connectivity index (χ0n) is 15.4. The van der Waals surface area contributed by atoms with Crippen molar-refractivity contribution in [2.24, 2.45) is 0 Å². The van der Waals surface area contributed by atoms with Gasteiger partial charge in [0, 0.05) is 37.2 Å². The molecule has 1 fully saturated rings. The Hall–Kier alpha value is -2.39. The van der Waals surface area contributed by atoms with Crippen LogP contribution in [-0.4, -0.2) is 48.2 Å². The molecule has 3 N–H and O–H groups in total. The molecule has 144 valence electrons. The zero-order chi connectivity index (χ0) is 19.2. The van der Waals surface area contributed by atoms with Crippen LogP contribution in [0.1, 0.15) is 41.5 Å². The van der Waals surface area contributed by atoms with Crippen molar-refractivity contribution in [2.45, 2.75) is 43.7 Å². The summed E-state index contributed by atoms with van der Waals surface area (Å²) in [5, 5.41) is 10.4. The third kappa shape index (κ3) is 3.00. The lowest BCUT2D eigenvalue weighted by molar-refractivity contribution is 0.0669. The number of hydrogen-bond acceptors (Lipinski definition) is 5. The number of sulfonamides is 1. The number of rotatable bonds is 2. The molecule has 2 aromatic rings. The van der Waals surface area contributed by atoms with Crippen molar-refractivity contribution < 1.29 is 13.2 Å². The molecule has 0 saturated carbocycles. The zero-order valence-corrected chi connectivity index (χ0v) is 16.2. The maximum absolute atomic E-state index is 12.8. The summed E-state index contributed by atoms with van der Waals surface area (Å²) in [6.07, 6.45) is 1.76. The highest BCUT2D eigenvalue weighted by atomic mass is 32.2. The Bertz CT molecular complexity index is 990. The van der Waals surface area contributed by atoms with Crippen molar-refractivity contribution in [1.29, 1.82) is 0 Å². The Morgan fingerprint density at radius 1 is 1.26 bits per heavy atom. The second-order valence-electron chi connectivity index (χ2n) is 7.13. The van der Waals surface area contributed by atoms with Crippen molar-refractivity contribution in [1.82, 2.24) is 19.8 Å². The number of benzene rings is 1. The first-order chi connectivity index (χ1) is 12.9. The van der Waals surface area contributed by atoms with Crippen molar-refractivity contribution >= 4 is 21.6 Å². The highest BCUT2D eigenvalue weighted by molar-refractivity contribution is 7.89. The van der Waals surface area contributed by atoms with Crippen molar-refractivity contribution in [3.05, 3.63) is 41.2 Å². The van der Waals surface area contributed by atoms with Crippen LogP contribution in [0.2, 0.25) is 0 Å². The van der Waals surface area contributed by atoms with E-state index in [2.05, 4.69) is 20.2 Å². The van der Waals surface area contributed by atoms with Crippen LogP contribution in [0.3, 0.4) is 0 Å². The average molecular weight is 389 g/mol. The van der Waals surface area contributed by atoms with Gasteiger partial charge in [-0.2, -0.15) is 9.82 Å². The van der Waals surface area contributed by atoms with E-state index in [1.807, 2.05) is 19.9 Å². The molecule has 8 nitrogen and oxygen atoms in total. The standard InChI is InChI=1S/C18H23N5O3S/c1-3-13-12(2)16(21-20-13)17(24)23-10-8-18(9-11-23)19-14-6-4-5-7-15(14)27(25,26)22-18/h4-7,19,22H,3,8-11H2,1-2H3,(H,20,21). The summed E-state index contributed by atoms with van der Waals surface area (Å²) in [5.74, 6) is -0.114. The molecule has 9 heteroatoms. The SMILES string of the molecule is CCc1[nH]nc(C(=O)N2CCC3(CC2)Nc2ccccc2S(=O)(=O)N3)c1C. The highest BCUT2D eigenvalue weighted by Gasteiger charge is 2.44. The largest absolute Gasteiger partial charge is 0.365 e. The van der Waals surface area contributed by atoms with Gasteiger partial charge >= 0.3 is 0 Å². The molecule has 0 aliphatic carbocycles. The van der Waals surface area contributed by atoms with Gasteiger partial charge in [0.2, 0.25) is 10.0 Å². The van der Waals surface area contributed by atoms with Gasteiger partial charge in [0.1, 0.15) is 10.6 Å². The lowest BCUT2D eigenvalue weighted by Crippen LogP contribution is -2.62. The van der Waals surface area contributed by atoms with E-state index in [-0.39, 0.29) is 10.8 Å². The number of nitrogens with zero attached hydrogens (tertiary/aromatic N) is 2. The molecule has 0 bridgehead atoms. The Morgan fingerprint density at radius 3 is 2.63 bits per heavy atom. The van der Waals surface area contributed by atoms with E-state index in [1.54, 1.807) is 23.1 Å². The average Bonchev–Trinajstić information content (AvgIpc) is 3.02. The number of piperidine rings is 1. The Labute approximate surface area is 158 Å². The lowest BCUT2D eigenvalue weighted by Gasteiger charge is -2.45. The van der Waals surface area contributed by atoms with Crippen LogP contribution in [0.25, 0.3) is 0 Å². The highest BCUT2D eigenvalue weighted by Crippen LogP contribution is 2.35. The number of nitrogens with one attached hydrogen (secondary N) is 3. The number of hydrogen-bond donors (Lipinski definition) is 3. The summed E-state index contributed by atoms with van der Waals surface area (Å²) in [6, 6.07) is 6.87. The van der Waals surface area contributed by atoms with Crippen LogP contribution in [0.15, 0.2) is 29.2 Å². The van der Waals surface area contributed by atoms with Crippen LogP contribution in [0, 0.1) is 6.92 Å². The molecule has 2 aliphatic heterocycles. The summed E-state index contributed by atoms with van der Waals surface area (Å²) in [6.45, 7) is 4.81. The minimum atomic E-state index is -3.58. The molecule has 0 radical (unpaired) electrons. The number of aromatic amines is 1. The van der Waals surface area contributed by atoms with E-state index < -0.39 is 15.7 Å². The number of carbonyl (C=O) groups is 1. The number of para-hydroxylation sites is 1. The first kappa shape index (κ1) is 18.0. The van der Waals surface area contributed by atoms with E-state index in [0.717, 1.165) is 17.7 Å². The predicted molar refractivity (Wildman–Crippen MR) is 101 cm³/mol. The number of fused-ring (bicyclic) bond motifs is 1. The number of amides is 1. The summed E-state index contributed by atoms with van der Waals surface area (Å²) >= 11 is 0. The number of H-pyrrole nitrogens is 1. The van der Waals surface area contributed by atoms with E-state index >= 15 is 0 Å². The molecule has 2 aliphatic rings. The van der Waals surface area contributed by atoms with Gasteiger partial charge in [-0.15, -0.1) is 0 Å². The fraction of sp³-hybridized carbons (Fsp3) is 0.444. The third-order valence-corrected chi connectivity index (χ3v) is 7.05. The van der Waals surface area contributed by atoms with Crippen LogP contribution in [-0.2, 0) is 16.4 Å². The van der Waals surface area contributed by atoms with Gasteiger partial charge in [0.05, 0.1) is 5.69 Å². The predicted octanol–water partition coefficient (Wildman–Crippen LogP) is 1.62. The number of anilines is 1. The number of aromatic nitrogens is 2. The molecule has 1 amide bonds. The maximum Gasteiger partial charge on any atom is 0.274 e. The van der Waals surface area contributed by atoms with E-state index in [1.165, 1.54) is 0 Å². The molecule has 0 atom stereocenters. The van der Waals surface area contributed by atoms with E-state index in [4.69, 9.17) is 0 Å².